The standard InChI is InChI=1S/C25H29N5O3S/c1-5-22(24(32)29-20-8-10-21(33-4)11-9-20)30(15-19-7-6-12-26-14-19)23(31)16-34-25-27-17(2)13-18(3)28-25/h6-14,22H,5,15-16H2,1-4H3,(H,29,32). The first-order valence-electron chi connectivity index (χ1n) is 11.0. The van der Waals surface area contributed by atoms with Gasteiger partial charge < -0.3 is 15.0 Å². The van der Waals surface area contributed by atoms with Crippen molar-refractivity contribution in [2.24, 2.45) is 0 Å². The van der Waals surface area contributed by atoms with Crippen molar-refractivity contribution >= 4 is 29.3 Å². The van der Waals surface area contributed by atoms with Gasteiger partial charge in [-0.05, 0) is 62.2 Å². The molecule has 1 atom stereocenters. The van der Waals surface area contributed by atoms with Crippen LogP contribution >= 0.6 is 11.8 Å². The van der Waals surface area contributed by atoms with E-state index in [9.17, 15) is 9.59 Å². The Labute approximate surface area is 204 Å². The van der Waals surface area contributed by atoms with E-state index in [-0.39, 0.29) is 24.1 Å². The second-order valence-electron chi connectivity index (χ2n) is 7.75. The third-order valence-electron chi connectivity index (χ3n) is 5.11. The summed E-state index contributed by atoms with van der Waals surface area (Å²) in [5.74, 6) is 0.394. The van der Waals surface area contributed by atoms with Gasteiger partial charge in [0.2, 0.25) is 11.8 Å². The summed E-state index contributed by atoms with van der Waals surface area (Å²) in [6, 6.07) is 12.0. The lowest BCUT2D eigenvalue weighted by atomic mass is 10.1. The van der Waals surface area contributed by atoms with Gasteiger partial charge in [-0.15, -0.1) is 0 Å². The van der Waals surface area contributed by atoms with E-state index >= 15 is 0 Å². The molecule has 3 rings (SSSR count). The largest absolute Gasteiger partial charge is 0.497 e. The maximum absolute atomic E-state index is 13.4. The molecule has 0 fully saturated rings. The highest BCUT2D eigenvalue weighted by atomic mass is 32.2. The molecule has 178 valence electrons. The molecular weight excluding hydrogens is 450 g/mol. The number of carbonyl (C=O) groups is 2. The molecule has 3 aromatic rings. The number of benzene rings is 1. The molecule has 8 nitrogen and oxygen atoms in total. The van der Waals surface area contributed by atoms with Crippen molar-refractivity contribution in [3.63, 3.8) is 0 Å². The number of nitrogens with zero attached hydrogens (tertiary/aromatic N) is 4. The van der Waals surface area contributed by atoms with Crippen LogP contribution in [0.5, 0.6) is 5.75 Å². The van der Waals surface area contributed by atoms with E-state index in [2.05, 4.69) is 20.3 Å². The lowest BCUT2D eigenvalue weighted by Crippen LogP contribution is -2.47. The number of methoxy groups -OCH3 is 1. The SMILES string of the molecule is CCC(C(=O)Nc1ccc(OC)cc1)N(Cc1cccnc1)C(=O)CSc1nc(C)cc(C)n1. The molecule has 0 saturated carbocycles. The lowest BCUT2D eigenvalue weighted by Gasteiger charge is -2.30. The maximum atomic E-state index is 13.4. The summed E-state index contributed by atoms with van der Waals surface area (Å²) in [5.41, 5.74) is 3.18. The Kier molecular flexibility index (Phi) is 8.98. The first-order valence-corrected chi connectivity index (χ1v) is 12.0. The van der Waals surface area contributed by atoms with E-state index in [1.54, 1.807) is 48.7 Å². The average Bonchev–Trinajstić information content (AvgIpc) is 2.83. The summed E-state index contributed by atoms with van der Waals surface area (Å²) >= 11 is 1.27. The van der Waals surface area contributed by atoms with Crippen LogP contribution in [-0.2, 0) is 16.1 Å². The molecule has 2 aromatic heterocycles. The minimum Gasteiger partial charge on any atom is -0.497 e. The van der Waals surface area contributed by atoms with Gasteiger partial charge in [-0.25, -0.2) is 9.97 Å². The lowest BCUT2D eigenvalue weighted by molar-refractivity contribution is -0.137. The number of amides is 2. The number of rotatable bonds is 10. The quantitative estimate of drug-likeness (QED) is 0.346. The molecule has 2 amide bonds. The summed E-state index contributed by atoms with van der Waals surface area (Å²) in [5, 5.41) is 3.46. The summed E-state index contributed by atoms with van der Waals surface area (Å²) in [4.78, 5) is 41.1. The number of pyridine rings is 1. The number of hydrogen-bond donors (Lipinski definition) is 1. The minimum absolute atomic E-state index is 0.121. The van der Waals surface area contributed by atoms with Gasteiger partial charge in [0.05, 0.1) is 12.9 Å². The van der Waals surface area contributed by atoms with Crippen molar-refractivity contribution in [3.8, 4) is 5.75 Å². The van der Waals surface area contributed by atoms with Crippen LogP contribution in [0.15, 0.2) is 60.0 Å². The number of aromatic nitrogens is 3. The van der Waals surface area contributed by atoms with Crippen molar-refractivity contribution in [2.45, 2.75) is 44.9 Å². The normalized spacial score (nSPS) is 11.5. The van der Waals surface area contributed by atoms with E-state index in [0.29, 0.717) is 23.0 Å². The smallest absolute Gasteiger partial charge is 0.247 e. The van der Waals surface area contributed by atoms with Gasteiger partial charge in [0.25, 0.3) is 0 Å². The summed E-state index contributed by atoms with van der Waals surface area (Å²) in [6.45, 7) is 5.95. The number of thioether (sulfide) groups is 1. The molecule has 9 heteroatoms. The highest BCUT2D eigenvalue weighted by Gasteiger charge is 2.29. The molecule has 2 heterocycles. The van der Waals surface area contributed by atoms with E-state index < -0.39 is 6.04 Å². The van der Waals surface area contributed by atoms with Crippen molar-refractivity contribution in [3.05, 3.63) is 71.8 Å². The third kappa shape index (κ3) is 7.02. The molecule has 0 radical (unpaired) electrons. The van der Waals surface area contributed by atoms with Crippen LogP contribution in [0, 0.1) is 13.8 Å². The number of hydrogen-bond acceptors (Lipinski definition) is 7. The molecule has 34 heavy (non-hydrogen) atoms. The number of nitrogens with one attached hydrogen (secondary N) is 1. The minimum atomic E-state index is -0.657. The van der Waals surface area contributed by atoms with E-state index in [4.69, 9.17) is 4.74 Å². The van der Waals surface area contributed by atoms with Crippen LogP contribution in [0.1, 0.15) is 30.3 Å². The van der Waals surface area contributed by atoms with Crippen molar-refractivity contribution in [1.82, 2.24) is 19.9 Å². The van der Waals surface area contributed by atoms with Gasteiger partial charge >= 0.3 is 0 Å². The third-order valence-corrected chi connectivity index (χ3v) is 5.94. The average molecular weight is 480 g/mol. The van der Waals surface area contributed by atoms with E-state index in [1.165, 1.54) is 11.8 Å². The zero-order valence-electron chi connectivity index (χ0n) is 19.8. The number of anilines is 1. The summed E-state index contributed by atoms with van der Waals surface area (Å²) in [7, 11) is 1.59. The second-order valence-corrected chi connectivity index (χ2v) is 8.69. The van der Waals surface area contributed by atoms with Gasteiger partial charge in [-0.2, -0.15) is 0 Å². The summed E-state index contributed by atoms with van der Waals surface area (Å²) < 4.78 is 5.17. The van der Waals surface area contributed by atoms with Crippen LogP contribution in [-0.4, -0.2) is 50.6 Å². The first-order chi connectivity index (χ1) is 16.4. The zero-order valence-corrected chi connectivity index (χ0v) is 20.6. The van der Waals surface area contributed by atoms with Crippen LogP contribution < -0.4 is 10.1 Å². The van der Waals surface area contributed by atoms with Gasteiger partial charge in [0.15, 0.2) is 5.16 Å². The predicted molar refractivity (Wildman–Crippen MR) is 133 cm³/mol. The Bertz CT molecular complexity index is 1090. The Hall–Kier alpha value is -3.46. The van der Waals surface area contributed by atoms with E-state index in [0.717, 1.165) is 17.0 Å². The Morgan fingerprint density at radius 1 is 1.12 bits per heavy atom. The molecule has 0 aliphatic carbocycles. The topological polar surface area (TPSA) is 97.3 Å². The molecule has 0 bridgehead atoms. The fourth-order valence-electron chi connectivity index (χ4n) is 3.48. The maximum Gasteiger partial charge on any atom is 0.247 e. The van der Waals surface area contributed by atoms with Crippen molar-refractivity contribution in [2.75, 3.05) is 18.2 Å². The second kappa shape index (κ2) is 12.1. The fourth-order valence-corrected chi connectivity index (χ4v) is 4.31. The predicted octanol–water partition coefficient (Wildman–Crippen LogP) is 4.04. The molecule has 0 aliphatic rings. The first kappa shape index (κ1) is 25.2. The zero-order chi connectivity index (χ0) is 24.5. The fraction of sp³-hybridized carbons (Fsp3) is 0.320. The molecule has 1 aromatic carbocycles. The number of ether oxygens (including phenoxy) is 1. The van der Waals surface area contributed by atoms with Crippen LogP contribution in [0.3, 0.4) is 0 Å². The molecule has 0 saturated heterocycles. The van der Waals surface area contributed by atoms with Crippen molar-refractivity contribution in [1.29, 1.82) is 0 Å². The van der Waals surface area contributed by atoms with Gasteiger partial charge in [-0.1, -0.05) is 24.8 Å². The Morgan fingerprint density at radius 3 is 2.41 bits per heavy atom. The summed E-state index contributed by atoms with van der Waals surface area (Å²) in [6.07, 6.45) is 3.84. The highest BCUT2D eigenvalue weighted by molar-refractivity contribution is 7.99. The van der Waals surface area contributed by atoms with Crippen LogP contribution in [0.2, 0.25) is 0 Å². The highest BCUT2D eigenvalue weighted by Crippen LogP contribution is 2.20. The van der Waals surface area contributed by atoms with Gasteiger partial charge in [0.1, 0.15) is 11.8 Å². The monoisotopic (exact) mass is 479 g/mol. The molecule has 1 unspecified atom stereocenters. The number of aryl methyl sites for hydroxylation is 2. The van der Waals surface area contributed by atoms with Crippen LogP contribution in [0.4, 0.5) is 5.69 Å². The van der Waals surface area contributed by atoms with E-state index in [1.807, 2.05) is 39.0 Å². The molecule has 0 aliphatic heterocycles. The van der Waals surface area contributed by atoms with Crippen molar-refractivity contribution < 1.29 is 14.3 Å². The van der Waals surface area contributed by atoms with Gasteiger partial charge in [-0.3, -0.25) is 14.6 Å². The Balaban J connectivity index is 1.78. The molecule has 0 spiro atoms. The molecular formula is C25H29N5O3S. The Morgan fingerprint density at radius 2 is 1.82 bits per heavy atom. The number of carbonyl (C=O) groups excluding carboxylic acids is 2. The van der Waals surface area contributed by atoms with Crippen LogP contribution in [0.25, 0.3) is 0 Å². The van der Waals surface area contributed by atoms with Gasteiger partial charge in [0, 0.05) is 36.0 Å². The molecule has 1 N–H and O–H groups in total.